The van der Waals surface area contributed by atoms with Crippen LogP contribution in [-0.4, -0.2) is 8.42 Å². The molecule has 2 aromatic carbocycles. The van der Waals surface area contributed by atoms with Crippen molar-refractivity contribution in [2.24, 2.45) is 0 Å². The van der Waals surface area contributed by atoms with Gasteiger partial charge in [-0.1, -0.05) is 12.1 Å². The van der Waals surface area contributed by atoms with Crippen LogP contribution in [0.3, 0.4) is 0 Å². The van der Waals surface area contributed by atoms with Crippen LogP contribution >= 0.6 is 15.9 Å². The van der Waals surface area contributed by atoms with E-state index < -0.39 is 15.8 Å². The predicted molar refractivity (Wildman–Crippen MR) is 80.5 cm³/mol. The Hall–Kier alpha value is -1.60. The van der Waals surface area contributed by atoms with E-state index in [9.17, 15) is 12.8 Å². The maximum absolute atomic E-state index is 13.7. The van der Waals surface area contributed by atoms with E-state index in [1.807, 2.05) is 0 Å². The molecule has 0 fully saturated rings. The van der Waals surface area contributed by atoms with Crippen LogP contribution in [0.5, 0.6) is 0 Å². The molecule has 0 aliphatic rings. The van der Waals surface area contributed by atoms with Crippen LogP contribution in [0.1, 0.15) is 5.56 Å². The van der Waals surface area contributed by atoms with Crippen molar-refractivity contribution in [1.29, 1.82) is 0 Å². The highest BCUT2D eigenvalue weighted by molar-refractivity contribution is 9.10. The Morgan fingerprint density at radius 2 is 1.95 bits per heavy atom. The number of hydrogen-bond acceptors (Lipinski definition) is 3. The fourth-order valence-electron chi connectivity index (χ4n) is 1.68. The Balaban J connectivity index is 2.49. The Bertz CT molecular complexity index is 743. The first-order valence-electron chi connectivity index (χ1n) is 5.64. The Kier molecular flexibility index (Phi) is 4.01. The average molecular weight is 359 g/mol. The molecule has 0 saturated carbocycles. The molecule has 0 spiro atoms. The van der Waals surface area contributed by atoms with E-state index in [0.717, 1.165) is 0 Å². The van der Waals surface area contributed by atoms with Gasteiger partial charge < -0.3 is 5.73 Å². The molecule has 0 bridgehead atoms. The molecule has 3 N–H and O–H groups in total. The Labute approximate surface area is 125 Å². The second-order valence-electron chi connectivity index (χ2n) is 4.23. The van der Waals surface area contributed by atoms with Crippen LogP contribution in [0.2, 0.25) is 0 Å². The minimum Gasteiger partial charge on any atom is -0.399 e. The summed E-state index contributed by atoms with van der Waals surface area (Å²) in [6, 6.07) is 8.73. The van der Waals surface area contributed by atoms with Crippen LogP contribution in [0.15, 0.2) is 45.8 Å². The standard InChI is InChI=1S/C13H12BrFN2O2S/c1-8-3-2-4-11(15)13(8)17-20(18,19)12-7-9(16)5-6-10(12)14/h2-7,17H,16H2,1H3. The second kappa shape index (κ2) is 5.41. The van der Waals surface area contributed by atoms with Crippen molar-refractivity contribution >= 4 is 37.3 Å². The highest BCUT2D eigenvalue weighted by Crippen LogP contribution is 2.28. The lowest BCUT2D eigenvalue weighted by Crippen LogP contribution is -2.15. The molecule has 0 unspecified atom stereocenters. The summed E-state index contributed by atoms with van der Waals surface area (Å²) in [6.07, 6.45) is 0. The van der Waals surface area contributed by atoms with Gasteiger partial charge in [0.1, 0.15) is 10.7 Å². The number of aryl methyl sites for hydroxylation is 1. The number of anilines is 2. The van der Waals surface area contributed by atoms with E-state index in [0.29, 0.717) is 15.7 Å². The van der Waals surface area contributed by atoms with Crippen molar-refractivity contribution in [1.82, 2.24) is 0 Å². The van der Waals surface area contributed by atoms with Gasteiger partial charge in [0, 0.05) is 10.2 Å². The summed E-state index contributed by atoms with van der Waals surface area (Å²) in [5, 5.41) is 0. The summed E-state index contributed by atoms with van der Waals surface area (Å²) in [5.74, 6) is -0.631. The van der Waals surface area contributed by atoms with Gasteiger partial charge >= 0.3 is 0 Å². The zero-order valence-electron chi connectivity index (χ0n) is 10.5. The van der Waals surface area contributed by atoms with Gasteiger partial charge in [0.05, 0.1) is 5.69 Å². The molecule has 7 heteroatoms. The molecule has 0 aromatic heterocycles. The third-order valence-electron chi connectivity index (χ3n) is 2.70. The molecular formula is C13H12BrFN2O2S. The lowest BCUT2D eigenvalue weighted by Gasteiger charge is -2.12. The number of halogens is 2. The molecule has 0 saturated heterocycles. The van der Waals surface area contributed by atoms with Crippen LogP contribution in [0.25, 0.3) is 0 Å². The van der Waals surface area contributed by atoms with Gasteiger partial charge in [-0.3, -0.25) is 4.72 Å². The molecule has 2 aromatic rings. The number of nitrogens with one attached hydrogen (secondary N) is 1. The first kappa shape index (κ1) is 14.8. The van der Waals surface area contributed by atoms with E-state index in [-0.39, 0.29) is 10.6 Å². The highest BCUT2D eigenvalue weighted by Gasteiger charge is 2.20. The zero-order valence-corrected chi connectivity index (χ0v) is 12.9. The van der Waals surface area contributed by atoms with E-state index in [4.69, 9.17) is 5.73 Å². The van der Waals surface area contributed by atoms with Gasteiger partial charge in [-0.05, 0) is 52.7 Å². The van der Waals surface area contributed by atoms with Gasteiger partial charge in [0.2, 0.25) is 0 Å². The Morgan fingerprint density at radius 1 is 1.25 bits per heavy atom. The molecule has 0 atom stereocenters. The average Bonchev–Trinajstić information content (AvgIpc) is 2.37. The van der Waals surface area contributed by atoms with Gasteiger partial charge in [-0.2, -0.15) is 0 Å². The van der Waals surface area contributed by atoms with Gasteiger partial charge in [-0.15, -0.1) is 0 Å². The number of para-hydroxylation sites is 1. The fourth-order valence-corrected chi connectivity index (χ4v) is 3.82. The smallest absolute Gasteiger partial charge is 0.263 e. The minimum atomic E-state index is -3.93. The number of benzene rings is 2. The number of nitrogens with two attached hydrogens (primary N) is 1. The van der Waals surface area contributed by atoms with Crippen molar-refractivity contribution in [3.63, 3.8) is 0 Å². The quantitative estimate of drug-likeness (QED) is 0.827. The van der Waals surface area contributed by atoms with E-state index in [1.165, 1.54) is 24.3 Å². The molecule has 0 aliphatic heterocycles. The maximum Gasteiger partial charge on any atom is 0.263 e. The first-order chi connectivity index (χ1) is 9.31. The van der Waals surface area contributed by atoms with E-state index in [1.54, 1.807) is 19.1 Å². The predicted octanol–water partition coefficient (Wildman–Crippen LogP) is 3.28. The van der Waals surface area contributed by atoms with Gasteiger partial charge in [0.25, 0.3) is 10.0 Å². The fraction of sp³-hybridized carbons (Fsp3) is 0.0769. The maximum atomic E-state index is 13.7. The summed E-state index contributed by atoms with van der Waals surface area (Å²) < 4.78 is 41.0. The van der Waals surface area contributed by atoms with E-state index >= 15 is 0 Å². The van der Waals surface area contributed by atoms with Gasteiger partial charge in [-0.25, -0.2) is 12.8 Å². The summed E-state index contributed by atoms with van der Waals surface area (Å²) >= 11 is 3.15. The number of nitrogen functional groups attached to an aromatic ring is 1. The third-order valence-corrected chi connectivity index (χ3v) is 5.05. The van der Waals surface area contributed by atoms with Crippen LogP contribution in [-0.2, 0) is 10.0 Å². The lowest BCUT2D eigenvalue weighted by molar-refractivity contribution is 0.598. The molecule has 4 nitrogen and oxygen atoms in total. The van der Waals surface area contributed by atoms with Crippen LogP contribution in [0, 0.1) is 12.7 Å². The van der Waals surface area contributed by atoms with Crippen molar-refractivity contribution in [3.8, 4) is 0 Å². The van der Waals surface area contributed by atoms with Crippen LogP contribution in [0.4, 0.5) is 15.8 Å². The summed E-state index contributed by atoms with van der Waals surface area (Å²) in [7, 11) is -3.93. The molecule has 20 heavy (non-hydrogen) atoms. The summed E-state index contributed by atoms with van der Waals surface area (Å²) in [5.41, 5.74) is 6.32. The minimum absolute atomic E-state index is 0.0415. The Morgan fingerprint density at radius 3 is 2.60 bits per heavy atom. The third kappa shape index (κ3) is 2.94. The topological polar surface area (TPSA) is 72.2 Å². The lowest BCUT2D eigenvalue weighted by atomic mass is 10.2. The van der Waals surface area contributed by atoms with Crippen molar-refractivity contribution < 1.29 is 12.8 Å². The molecule has 2 rings (SSSR count). The SMILES string of the molecule is Cc1cccc(F)c1NS(=O)(=O)c1cc(N)ccc1Br. The number of hydrogen-bond donors (Lipinski definition) is 2. The summed E-state index contributed by atoms with van der Waals surface area (Å²) in [4.78, 5) is -0.0415. The second-order valence-corrected chi connectivity index (χ2v) is 6.73. The first-order valence-corrected chi connectivity index (χ1v) is 7.92. The van der Waals surface area contributed by atoms with Crippen LogP contribution < -0.4 is 10.5 Å². The largest absolute Gasteiger partial charge is 0.399 e. The van der Waals surface area contributed by atoms with Gasteiger partial charge in [0.15, 0.2) is 0 Å². The number of rotatable bonds is 3. The van der Waals surface area contributed by atoms with Crippen molar-refractivity contribution in [2.45, 2.75) is 11.8 Å². The summed E-state index contributed by atoms with van der Waals surface area (Å²) in [6.45, 7) is 1.62. The molecule has 0 radical (unpaired) electrons. The molecule has 0 amide bonds. The number of sulfonamides is 1. The zero-order chi connectivity index (χ0) is 14.9. The van der Waals surface area contributed by atoms with E-state index in [2.05, 4.69) is 20.7 Å². The molecule has 0 aliphatic carbocycles. The molecular weight excluding hydrogens is 347 g/mol. The normalized spacial score (nSPS) is 11.3. The van der Waals surface area contributed by atoms with Crippen molar-refractivity contribution in [3.05, 3.63) is 52.3 Å². The monoisotopic (exact) mass is 358 g/mol. The molecule has 0 heterocycles. The van der Waals surface area contributed by atoms with Crippen molar-refractivity contribution in [2.75, 3.05) is 10.5 Å². The highest BCUT2D eigenvalue weighted by atomic mass is 79.9. The molecule has 106 valence electrons.